The van der Waals surface area contributed by atoms with E-state index in [4.69, 9.17) is 0 Å². The lowest BCUT2D eigenvalue weighted by Crippen LogP contribution is -2.42. The number of hydrogen-bond donors (Lipinski definition) is 2. The Kier molecular flexibility index (Phi) is 4.93. The molecule has 22 heavy (non-hydrogen) atoms. The van der Waals surface area contributed by atoms with Crippen LogP contribution in [0.25, 0.3) is 0 Å². The maximum absolute atomic E-state index is 12.2. The van der Waals surface area contributed by atoms with Crippen molar-refractivity contribution in [2.45, 2.75) is 38.6 Å². The van der Waals surface area contributed by atoms with Gasteiger partial charge in [0.15, 0.2) is 0 Å². The molecule has 1 fully saturated rings. The van der Waals surface area contributed by atoms with E-state index >= 15 is 0 Å². The molecule has 3 rings (SSSR count). The molecule has 1 atom stereocenters. The fourth-order valence-electron chi connectivity index (χ4n) is 3.32. The molecule has 1 saturated heterocycles. The molecule has 0 aromatic carbocycles. The molecule has 120 valence electrons. The van der Waals surface area contributed by atoms with Gasteiger partial charge in [-0.1, -0.05) is 17.7 Å². The largest absolute Gasteiger partial charge is 0.378 e. The van der Waals surface area contributed by atoms with Crippen LogP contribution >= 0.6 is 11.8 Å². The highest BCUT2D eigenvalue weighted by atomic mass is 32.2. The summed E-state index contributed by atoms with van der Waals surface area (Å²) in [7, 11) is 2.04. The van der Waals surface area contributed by atoms with Crippen molar-refractivity contribution in [1.82, 2.24) is 15.5 Å². The number of nitrogens with zero attached hydrogens (tertiary/aromatic N) is 1. The molecule has 2 heterocycles. The molecule has 0 aromatic rings. The normalized spacial score (nSPS) is 25.8. The van der Waals surface area contributed by atoms with Crippen LogP contribution < -0.4 is 10.6 Å². The van der Waals surface area contributed by atoms with Crippen molar-refractivity contribution in [2.75, 3.05) is 26.0 Å². The molecule has 0 bridgehead atoms. The van der Waals surface area contributed by atoms with Gasteiger partial charge in [-0.05, 0) is 51.8 Å². The van der Waals surface area contributed by atoms with Crippen molar-refractivity contribution in [3.05, 3.63) is 33.9 Å². The first-order valence-electron chi connectivity index (χ1n) is 8.09. The van der Waals surface area contributed by atoms with E-state index < -0.39 is 0 Å². The zero-order valence-corrected chi connectivity index (χ0v) is 14.3. The van der Waals surface area contributed by atoms with E-state index in [1.165, 1.54) is 21.7 Å². The Hall–Kier alpha value is -1.20. The molecule has 1 aliphatic carbocycles. The minimum Gasteiger partial charge on any atom is -0.378 e. The van der Waals surface area contributed by atoms with Gasteiger partial charge >= 0.3 is 0 Å². The summed E-state index contributed by atoms with van der Waals surface area (Å²) in [4.78, 5) is 15.8. The smallest absolute Gasteiger partial charge is 0.237 e. The molecule has 0 radical (unpaired) electrons. The molecular formula is C17H25N3OS. The van der Waals surface area contributed by atoms with Gasteiger partial charge in [-0.15, -0.1) is 11.8 Å². The summed E-state index contributed by atoms with van der Waals surface area (Å²) >= 11 is 1.89. The van der Waals surface area contributed by atoms with Crippen LogP contribution in [0, 0.1) is 0 Å². The Labute approximate surface area is 137 Å². The standard InChI is InChI=1S/C17H25N3OS/c1-12-16(22-11-19-12)14-7-5-13(6-8-14)10-18-17(21)15-4-3-9-20(15)2/h5,7,15,19H,3-4,6,8-11H2,1-2H3,(H,18,21). The van der Waals surface area contributed by atoms with E-state index in [1.807, 2.05) is 18.8 Å². The monoisotopic (exact) mass is 319 g/mol. The van der Waals surface area contributed by atoms with E-state index in [9.17, 15) is 4.79 Å². The first kappa shape index (κ1) is 15.7. The summed E-state index contributed by atoms with van der Waals surface area (Å²) in [5, 5.41) is 6.48. The van der Waals surface area contributed by atoms with Crippen molar-refractivity contribution in [3.8, 4) is 0 Å². The van der Waals surface area contributed by atoms with Gasteiger partial charge in [0, 0.05) is 17.1 Å². The Morgan fingerprint density at radius 2 is 2.32 bits per heavy atom. The molecule has 0 aromatic heterocycles. The molecule has 0 spiro atoms. The number of nitrogens with one attached hydrogen (secondary N) is 2. The molecule has 0 saturated carbocycles. The zero-order valence-electron chi connectivity index (χ0n) is 13.4. The molecule has 4 nitrogen and oxygen atoms in total. The van der Waals surface area contributed by atoms with Gasteiger partial charge in [-0.2, -0.15) is 0 Å². The fraction of sp³-hybridized carbons (Fsp3) is 0.588. The van der Waals surface area contributed by atoms with Crippen molar-refractivity contribution in [3.63, 3.8) is 0 Å². The van der Waals surface area contributed by atoms with E-state index in [1.54, 1.807) is 0 Å². The zero-order chi connectivity index (χ0) is 15.5. The van der Waals surface area contributed by atoms with E-state index in [2.05, 4.69) is 34.6 Å². The molecule has 1 unspecified atom stereocenters. The number of amides is 1. The predicted octanol–water partition coefficient (Wildman–Crippen LogP) is 2.37. The van der Waals surface area contributed by atoms with Gasteiger partial charge in [-0.25, -0.2) is 0 Å². The number of carbonyl (C=O) groups is 1. The van der Waals surface area contributed by atoms with Gasteiger partial charge in [-0.3, -0.25) is 9.69 Å². The number of hydrogen-bond acceptors (Lipinski definition) is 4. The van der Waals surface area contributed by atoms with Gasteiger partial charge in [0.05, 0.1) is 11.9 Å². The third-order valence-corrected chi connectivity index (χ3v) is 5.88. The summed E-state index contributed by atoms with van der Waals surface area (Å²) in [5.41, 5.74) is 4.05. The lowest BCUT2D eigenvalue weighted by molar-refractivity contribution is -0.124. The number of rotatable bonds is 4. The number of thioether (sulfide) groups is 1. The summed E-state index contributed by atoms with van der Waals surface area (Å²) in [6, 6.07) is 0.0732. The molecular weight excluding hydrogens is 294 g/mol. The lowest BCUT2D eigenvalue weighted by Gasteiger charge is -2.20. The summed E-state index contributed by atoms with van der Waals surface area (Å²) in [6.45, 7) is 3.87. The first-order chi connectivity index (χ1) is 10.6. The fourth-order valence-corrected chi connectivity index (χ4v) is 4.39. The van der Waals surface area contributed by atoms with Crippen LogP contribution in [-0.2, 0) is 4.79 Å². The van der Waals surface area contributed by atoms with Crippen molar-refractivity contribution in [2.24, 2.45) is 0 Å². The second-order valence-corrected chi connectivity index (χ2v) is 7.28. The minimum absolute atomic E-state index is 0.0732. The third-order valence-electron chi connectivity index (χ3n) is 4.73. The molecule has 3 aliphatic rings. The third kappa shape index (κ3) is 3.41. The number of likely N-dealkylation sites (N-methyl/N-ethyl adjacent to an activating group) is 1. The molecule has 2 aliphatic heterocycles. The highest BCUT2D eigenvalue weighted by Crippen LogP contribution is 2.35. The second kappa shape index (κ2) is 6.92. The quantitative estimate of drug-likeness (QED) is 0.835. The molecule has 2 N–H and O–H groups in total. The molecule has 5 heteroatoms. The summed E-state index contributed by atoms with van der Waals surface area (Å²) < 4.78 is 0. The van der Waals surface area contributed by atoms with Crippen LogP contribution in [0.15, 0.2) is 33.9 Å². The number of carbonyl (C=O) groups excluding carboxylic acids is 1. The Balaban J connectivity index is 1.54. The maximum Gasteiger partial charge on any atom is 0.237 e. The van der Waals surface area contributed by atoms with E-state index in [0.717, 1.165) is 38.1 Å². The van der Waals surface area contributed by atoms with Crippen LogP contribution in [0.5, 0.6) is 0 Å². The van der Waals surface area contributed by atoms with Crippen LogP contribution in [0.3, 0.4) is 0 Å². The van der Waals surface area contributed by atoms with Gasteiger partial charge in [0.25, 0.3) is 0 Å². The summed E-state index contributed by atoms with van der Waals surface area (Å²) in [5.74, 6) is 1.17. The van der Waals surface area contributed by atoms with Crippen LogP contribution in [0.4, 0.5) is 0 Å². The number of likely N-dealkylation sites (tertiary alicyclic amines) is 1. The van der Waals surface area contributed by atoms with E-state index in [-0.39, 0.29) is 11.9 Å². The Morgan fingerprint density at radius 1 is 1.45 bits per heavy atom. The van der Waals surface area contributed by atoms with E-state index in [0.29, 0.717) is 6.54 Å². The predicted molar refractivity (Wildman–Crippen MR) is 92.4 cm³/mol. The highest BCUT2D eigenvalue weighted by Gasteiger charge is 2.27. The van der Waals surface area contributed by atoms with Crippen LogP contribution in [0.2, 0.25) is 0 Å². The van der Waals surface area contributed by atoms with Crippen molar-refractivity contribution in [1.29, 1.82) is 0 Å². The highest BCUT2D eigenvalue weighted by molar-refractivity contribution is 8.03. The maximum atomic E-state index is 12.2. The minimum atomic E-state index is 0.0732. The second-order valence-electron chi connectivity index (χ2n) is 6.29. The molecule has 1 amide bonds. The van der Waals surface area contributed by atoms with Gasteiger partial charge in [0.2, 0.25) is 5.91 Å². The lowest BCUT2D eigenvalue weighted by atomic mass is 9.97. The van der Waals surface area contributed by atoms with Crippen molar-refractivity contribution >= 4 is 17.7 Å². The summed E-state index contributed by atoms with van der Waals surface area (Å²) in [6.07, 6.45) is 8.66. The van der Waals surface area contributed by atoms with Crippen molar-refractivity contribution < 1.29 is 4.79 Å². The van der Waals surface area contributed by atoms with Gasteiger partial charge < -0.3 is 10.6 Å². The SMILES string of the molecule is CC1=C(C2=CC=C(CNC(=O)C3CCCN3C)CC2)SCN1. The van der Waals surface area contributed by atoms with Crippen LogP contribution in [0.1, 0.15) is 32.6 Å². The Bertz CT molecular complexity index is 550. The average Bonchev–Trinajstić information content (AvgIpc) is 3.14. The topological polar surface area (TPSA) is 44.4 Å². The van der Waals surface area contributed by atoms with Crippen LogP contribution in [-0.4, -0.2) is 42.9 Å². The van der Waals surface area contributed by atoms with Gasteiger partial charge in [0.1, 0.15) is 0 Å². The average molecular weight is 319 g/mol. The first-order valence-corrected chi connectivity index (χ1v) is 9.08. The number of allylic oxidation sites excluding steroid dienone is 4. The Morgan fingerprint density at radius 3 is 2.91 bits per heavy atom.